The van der Waals surface area contributed by atoms with E-state index < -0.39 is 11.7 Å². The lowest BCUT2D eigenvalue weighted by Crippen LogP contribution is -2.39. The number of halogens is 3. The zero-order valence-electron chi connectivity index (χ0n) is 9.22. The first kappa shape index (κ1) is 10.7. The van der Waals surface area contributed by atoms with Crippen molar-refractivity contribution in [3.63, 3.8) is 0 Å². The average Bonchev–Trinajstić information content (AvgIpc) is 2.75. The van der Waals surface area contributed by atoms with Crippen LogP contribution in [0.4, 0.5) is 24.5 Å². The van der Waals surface area contributed by atoms with Gasteiger partial charge in [-0.05, 0) is 31.0 Å². The number of hydrogen-bond donors (Lipinski definition) is 1. The molecule has 1 fully saturated rings. The summed E-state index contributed by atoms with van der Waals surface area (Å²) in [5.74, 6) is 0. The molecular weight excluding hydrogens is 229 g/mol. The van der Waals surface area contributed by atoms with Crippen LogP contribution in [0.5, 0.6) is 0 Å². The summed E-state index contributed by atoms with van der Waals surface area (Å²) in [4.78, 5) is 2.21. The highest BCUT2D eigenvalue weighted by Gasteiger charge is 2.34. The third-order valence-corrected chi connectivity index (χ3v) is 3.54. The first-order valence-corrected chi connectivity index (χ1v) is 5.77. The molecule has 1 aromatic carbocycles. The number of fused-ring (bicyclic) bond motifs is 3. The van der Waals surface area contributed by atoms with Crippen molar-refractivity contribution in [1.29, 1.82) is 0 Å². The molecule has 2 aliphatic rings. The Morgan fingerprint density at radius 3 is 2.88 bits per heavy atom. The van der Waals surface area contributed by atoms with Gasteiger partial charge in [0.1, 0.15) is 0 Å². The van der Waals surface area contributed by atoms with Gasteiger partial charge in [0.2, 0.25) is 0 Å². The average molecular weight is 242 g/mol. The minimum Gasteiger partial charge on any atom is -0.381 e. The van der Waals surface area contributed by atoms with Crippen LogP contribution in [0.15, 0.2) is 18.2 Å². The number of nitrogens with one attached hydrogen (secondary N) is 1. The molecule has 0 aromatic heterocycles. The monoisotopic (exact) mass is 242 g/mol. The van der Waals surface area contributed by atoms with E-state index in [4.69, 9.17) is 0 Å². The minimum atomic E-state index is -4.27. The van der Waals surface area contributed by atoms with Gasteiger partial charge in [0.15, 0.2) is 0 Å². The molecule has 17 heavy (non-hydrogen) atoms. The Morgan fingerprint density at radius 1 is 1.29 bits per heavy atom. The van der Waals surface area contributed by atoms with Gasteiger partial charge in [-0.2, -0.15) is 13.2 Å². The molecule has 2 aliphatic heterocycles. The van der Waals surface area contributed by atoms with Crippen LogP contribution in [0, 0.1) is 0 Å². The fraction of sp³-hybridized carbons (Fsp3) is 0.500. The largest absolute Gasteiger partial charge is 0.416 e. The van der Waals surface area contributed by atoms with Crippen molar-refractivity contribution in [3.8, 4) is 0 Å². The molecule has 0 saturated carbocycles. The van der Waals surface area contributed by atoms with Crippen molar-refractivity contribution in [1.82, 2.24) is 0 Å². The number of anilines is 2. The first-order valence-electron chi connectivity index (χ1n) is 5.77. The Balaban J connectivity index is 2.00. The highest BCUT2D eigenvalue weighted by atomic mass is 19.4. The second kappa shape index (κ2) is 3.55. The van der Waals surface area contributed by atoms with Crippen LogP contribution in [0.1, 0.15) is 18.4 Å². The lowest BCUT2D eigenvalue weighted by atomic mass is 10.1. The molecular formula is C12H13F3N2. The summed E-state index contributed by atoms with van der Waals surface area (Å²) in [6.07, 6.45) is -2.03. The van der Waals surface area contributed by atoms with E-state index in [-0.39, 0.29) is 0 Å². The Kier molecular flexibility index (Phi) is 2.24. The second-order valence-electron chi connectivity index (χ2n) is 4.60. The summed E-state index contributed by atoms with van der Waals surface area (Å²) < 4.78 is 37.8. The second-order valence-corrected chi connectivity index (χ2v) is 4.60. The van der Waals surface area contributed by atoms with Gasteiger partial charge in [0.25, 0.3) is 0 Å². The van der Waals surface area contributed by atoms with Crippen molar-refractivity contribution in [2.45, 2.75) is 25.1 Å². The Morgan fingerprint density at radius 2 is 2.12 bits per heavy atom. The molecule has 0 amide bonds. The van der Waals surface area contributed by atoms with E-state index in [0.717, 1.165) is 31.6 Å². The lowest BCUT2D eigenvalue weighted by Gasteiger charge is -2.34. The van der Waals surface area contributed by atoms with Gasteiger partial charge in [-0.1, -0.05) is 0 Å². The highest BCUT2D eigenvalue weighted by molar-refractivity contribution is 5.74. The maximum atomic E-state index is 12.6. The number of hydrogen-bond acceptors (Lipinski definition) is 2. The van der Waals surface area contributed by atoms with E-state index >= 15 is 0 Å². The van der Waals surface area contributed by atoms with Crippen molar-refractivity contribution >= 4 is 11.4 Å². The first-order chi connectivity index (χ1) is 8.05. The molecule has 0 radical (unpaired) electrons. The summed E-state index contributed by atoms with van der Waals surface area (Å²) in [6, 6.07) is 4.41. The molecule has 0 spiro atoms. The number of alkyl halides is 3. The molecule has 0 aliphatic carbocycles. The highest BCUT2D eigenvalue weighted by Crippen LogP contribution is 2.39. The molecule has 3 rings (SSSR count). The quantitative estimate of drug-likeness (QED) is 0.752. The molecule has 0 unspecified atom stereocenters. The van der Waals surface area contributed by atoms with Crippen LogP contribution in [0.3, 0.4) is 0 Å². The van der Waals surface area contributed by atoms with Gasteiger partial charge in [0, 0.05) is 19.1 Å². The Hall–Kier alpha value is -1.39. The van der Waals surface area contributed by atoms with Gasteiger partial charge in [0.05, 0.1) is 16.9 Å². The van der Waals surface area contributed by atoms with Crippen LogP contribution >= 0.6 is 0 Å². The smallest absolute Gasteiger partial charge is 0.381 e. The molecule has 1 atom stereocenters. The van der Waals surface area contributed by atoms with Crippen molar-refractivity contribution in [2.75, 3.05) is 23.3 Å². The van der Waals surface area contributed by atoms with Gasteiger partial charge < -0.3 is 10.2 Å². The third kappa shape index (κ3) is 1.73. The minimum absolute atomic E-state index is 0.444. The van der Waals surface area contributed by atoms with E-state index in [2.05, 4.69) is 10.2 Å². The van der Waals surface area contributed by atoms with Crippen LogP contribution in [-0.4, -0.2) is 19.1 Å². The van der Waals surface area contributed by atoms with E-state index in [9.17, 15) is 13.2 Å². The molecule has 2 heterocycles. The number of rotatable bonds is 0. The fourth-order valence-corrected chi connectivity index (χ4v) is 2.70. The van der Waals surface area contributed by atoms with Gasteiger partial charge in [-0.3, -0.25) is 0 Å². The summed E-state index contributed by atoms with van der Waals surface area (Å²) in [5, 5.41) is 3.10. The molecule has 2 nitrogen and oxygen atoms in total. The van der Waals surface area contributed by atoms with Crippen molar-refractivity contribution in [3.05, 3.63) is 23.8 Å². The predicted octanol–water partition coefficient (Wildman–Crippen LogP) is 3.10. The van der Waals surface area contributed by atoms with Crippen LogP contribution in [0.25, 0.3) is 0 Å². The topological polar surface area (TPSA) is 15.3 Å². The SMILES string of the molecule is FC(F)(F)c1ccc2c(c1)NC[C@H]1CCCN21. The van der Waals surface area contributed by atoms with Crippen LogP contribution in [0.2, 0.25) is 0 Å². The summed E-state index contributed by atoms with van der Waals surface area (Å²) in [7, 11) is 0. The number of benzene rings is 1. The summed E-state index contributed by atoms with van der Waals surface area (Å²) >= 11 is 0. The molecule has 1 N–H and O–H groups in total. The molecule has 5 heteroatoms. The van der Waals surface area contributed by atoms with Gasteiger partial charge in [-0.25, -0.2) is 0 Å². The van der Waals surface area contributed by atoms with Crippen molar-refractivity contribution in [2.24, 2.45) is 0 Å². The molecule has 0 bridgehead atoms. The standard InChI is InChI=1S/C12H13F3N2/c13-12(14,15)8-3-4-11-10(6-8)16-7-9-2-1-5-17(9)11/h3-4,6,9,16H,1-2,5,7H2/t9-/m1/s1. The summed E-state index contributed by atoms with van der Waals surface area (Å²) in [5.41, 5.74) is 0.936. The Labute approximate surface area is 97.4 Å². The predicted molar refractivity (Wildman–Crippen MR) is 60.3 cm³/mol. The van der Waals surface area contributed by atoms with Crippen LogP contribution in [-0.2, 0) is 6.18 Å². The molecule has 92 valence electrons. The molecule has 1 aromatic rings. The molecule has 1 saturated heterocycles. The number of nitrogens with zero attached hydrogens (tertiary/aromatic N) is 1. The van der Waals surface area contributed by atoms with E-state index in [1.54, 1.807) is 6.07 Å². The maximum Gasteiger partial charge on any atom is 0.416 e. The van der Waals surface area contributed by atoms with Crippen LogP contribution < -0.4 is 10.2 Å². The Bertz CT molecular complexity index is 442. The fourth-order valence-electron chi connectivity index (χ4n) is 2.70. The van der Waals surface area contributed by atoms with Gasteiger partial charge >= 0.3 is 6.18 Å². The summed E-state index contributed by atoms with van der Waals surface area (Å²) in [6.45, 7) is 1.69. The van der Waals surface area contributed by atoms with E-state index in [1.807, 2.05) is 0 Å². The van der Waals surface area contributed by atoms with Gasteiger partial charge in [-0.15, -0.1) is 0 Å². The van der Waals surface area contributed by atoms with E-state index in [0.29, 0.717) is 11.7 Å². The zero-order chi connectivity index (χ0) is 12.0. The van der Waals surface area contributed by atoms with E-state index in [1.165, 1.54) is 12.1 Å². The zero-order valence-corrected chi connectivity index (χ0v) is 9.22. The lowest BCUT2D eigenvalue weighted by molar-refractivity contribution is -0.137. The van der Waals surface area contributed by atoms with Crippen molar-refractivity contribution < 1.29 is 13.2 Å². The normalized spacial score (nSPS) is 23.0. The maximum absolute atomic E-state index is 12.6. The third-order valence-electron chi connectivity index (χ3n) is 3.54.